The monoisotopic (exact) mass is 313 g/mol. The summed E-state index contributed by atoms with van der Waals surface area (Å²) in [5.41, 5.74) is 1.95. The summed E-state index contributed by atoms with van der Waals surface area (Å²) in [6.45, 7) is 3.70. The molecule has 0 aliphatic heterocycles. The van der Waals surface area contributed by atoms with Gasteiger partial charge in [0.2, 0.25) is 0 Å². The minimum Gasteiger partial charge on any atom is -0.300 e. The van der Waals surface area contributed by atoms with Gasteiger partial charge >= 0.3 is 0 Å². The van der Waals surface area contributed by atoms with Gasteiger partial charge in [0, 0.05) is 23.6 Å². The van der Waals surface area contributed by atoms with Crippen molar-refractivity contribution in [2.45, 2.75) is 39.0 Å². The van der Waals surface area contributed by atoms with Crippen LogP contribution in [0.15, 0.2) is 24.5 Å². The highest BCUT2D eigenvalue weighted by Gasteiger charge is 2.30. The maximum atomic E-state index is 12.1. The van der Waals surface area contributed by atoms with Gasteiger partial charge in [-0.05, 0) is 31.9 Å². The average molecular weight is 313 g/mol. The SMILES string of the molecule is CCC[C@H](C(C)=O)[C@H](Cc1cnn2ncccc12)c1nn[nH]n1. The molecule has 0 radical (unpaired) electrons. The molecule has 3 rings (SSSR count). The summed E-state index contributed by atoms with van der Waals surface area (Å²) in [4.78, 5) is 12.1. The number of aromatic nitrogens is 7. The molecule has 0 aliphatic rings. The Hall–Kier alpha value is -2.64. The van der Waals surface area contributed by atoms with Gasteiger partial charge in [-0.3, -0.25) is 4.79 Å². The van der Waals surface area contributed by atoms with Crippen molar-refractivity contribution in [3.8, 4) is 0 Å². The number of hydrogen-bond acceptors (Lipinski definition) is 6. The van der Waals surface area contributed by atoms with E-state index in [9.17, 15) is 4.79 Å². The molecule has 0 unspecified atom stereocenters. The van der Waals surface area contributed by atoms with Gasteiger partial charge in [0.05, 0.1) is 11.7 Å². The van der Waals surface area contributed by atoms with E-state index in [1.165, 1.54) is 0 Å². The number of nitrogens with one attached hydrogen (secondary N) is 1. The molecular formula is C15H19N7O. The Labute approximate surface area is 133 Å². The largest absolute Gasteiger partial charge is 0.300 e. The lowest BCUT2D eigenvalue weighted by Crippen LogP contribution is -2.23. The first-order chi connectivity index (χ1) is 11.2. The standard InChI is InChI=1S/C15H19N7O/c1-3-5-12(10(2)23)13(15-18-20-21-19-15)8-11-9-17-22-14(11)6-4-7-16-22/h4,6-7,9,12-13H,3,5,8H2,1-2H3,(H,18,19,20,21)/t12-,13+/m1/s1. The first-order valence-electron chi connectivity index (χ1n) is 7.72. The summed E-state index contributed by atoms with van der Waals surface area (Å²) in [6, 6.07) is 3.84. The second-order valence-corrected chi connectivity index (χ2v) is 5.65. The van der Waals surface area contributed by atoms with Crippen molar-refractivity contribution < 1.29 is 4.79 Å². The Morgan fingerprint density at radius 2 is 2.26 bits per heavy atom. The van der Waals surface area contributed by atoms with Gasteiger partial charge in [0.1, 0.15) is 5.78 Å². The van der Waals surface area contributed by atoms with Crippen molar-refractivity contribution in [3.63, 3.8) is 0 Å². The summed E-state index contributed by atoms with van der Waals surface area (Å²) < 4.78 is 1.59. The third kappa shape index (κ3) is 3.10. The van der Waals surface area contributed by atoms with Crippen LogP contribution in [0.3, 0.4) is 0 Å². The van der Waals surface area contributed by atoms with Gasteiger partial charge in [-0.2, -0.15) is 20.0 Å². The van der Waals surface area contributed by atoms with E-state index in [0.29, 0.717) is 12.2 Å². The minimum absolute atomic E-state index is 0.126. The van der Waals surface area contributed by atoms with Crippen LogP contribution in [0.2, 0.25) is 0 Å². The molecule has 3 aromatic heterocycles. The highest BCUT2D eigenvalue weighted by Crippen LogP contribution is 2.31. The first-order valence-corrected chi connectivity index (χ1v) is 7.72. The second-order valence-electron chi connectivity index (χ2n) is 5.65. The molecule has 3 aromatic rings. The van der Waals surface area contributed by atoms with E-state index in [-0.39, 0.29) is 17.6 Å². The maximum absolute atomic E-state index is 12.1. The van der Waals surface area contributed by atoms with Crippen molar-refractivity contribution in [2.75, 3.05) is 0 Å². The first kappa shape index (κ1) is 15.3. The molecule has 0 aliphatic carbocycles. The normalized spacial score (nSPS) is 14.0. The Balaban J connectivity index is 1.97. The number of rotatable bonds is 7. The molecule has 0 aromatic carbocycles. The van der Waals surface area contributed by atoms with E-state index < -0.39 is 0 Å². The molecular weight excluding hydrogens is 294 g/mol. The number of tetrazole rings is 1. The predicted octanol–water partition coefficient (Wildman–Crippen LogP) is 1.57. The lowest BCUT2D eigenvalue weighted by molar-refractivity contribution is -0.121. The zero-order chi connectivity index (χ0) is 16.2. The highest BCUT2D eigenvalue weighted by molar-refractivity contribution is 5.79. The quantitative estimate of drug-likeness (QED) is 0.710. The van der Waals surface area contributed by atoms with Crippen LogP contribution >= 0.6 is 0 Å². The number of H-pyrrole nitrogens is 1. The lowest BCUT2D eigenvalue weighted by atomic mass is 9.81. The fourth-order valence-electron chi connectivity index (χ4n) is 3.02. The van der Waals surface area contributed by atoms with E-state index in [1.807, 2.05) is 12.1 Å². The molecule has 0 fully saturated rings. The molecule has 3 heterocycles. The number of carbonyl (C=O) groups is 1. The van der Waals surface area contributed by atoms with Crippen molar-refractivity contribution in [2.24, 2.45) is 5.92 Å². The van der Waals surface area contributed by atoms with Gasteiger partial charge in [-0.15, -0.1) is 10.2 Å². The zero-order valence-electron chi connectivity index (χ0n) is 13.2. The lowest BCUT2D eigenvalue weighted by Gasteiger charge is -2.21. The molecule has 0 saturated carbocycles. The fraction of sp³-hybridized carbons (Fsp3) is 0.467. The van der Waals surface area contributed by atoms with E-state index in [4.69, 9.17) is 0 Å². The Bertz CT molecular complexity index is 780. The van der Waals surface area contributed by atoms with E-state index in [1.54, 1.807) is 23.9 Å². The number of hydrogen-bond donors (Lipinski definition) is 1. The number of carbonyl (C=O) groups excluding carboxylic acids is 1. The molecule has 0 spiro atoms. The summed E-state index contributed by atoms with van der Waals surface area (Å²) >= 11 is 0. The van der Waals surface area contributed by atoms with Crippen LogP contribution in [0.1, 0.15) is 44.0 Å². The Morgan fingerprint density at radius 3 is 2.96 bits per heavy atom. The van der Waals surface area contributed by atoms with Gasteiger partial charge in [-0.25, -0.2) is 0 Å². The van der Waals surface area contributed by atoms with E-state index >= 15 is 0 Å². The second kappa shape index (κ2) is 6.64. The van der Waals surface area contributed by atoms with E-state index in [0.717, 1.165) is 23.9 Å². The summed E-state index contributed by atoms with van der Waals surface area (Å²) in [5.74, 6) is 0.460. The molecule has 0 bridgehead atoms. The number of fused-ring (bicyclic) bond motifs is 1. The Kier molecular flexibility index (Phi) is 4.40. The van der Waals surface area contributed by atoms with Gasteiger partial charge < -0.3 is 0 Å². The molecule has 0 saturated heterocycles. The van der Waals surface area contributed by atoms with Gasteiger partial charge in [0.15, 0.2) is 5.82 Å². The zero-order valence-corrected chi connectivity index (χ0v) is 13.2. The van der Waals surface area contributed by atoms with Gasteiger partial charge in [0.25, 0.3) is 0 Å². The molecule has 120 valence electrons. The van der Waals surface area contributed by atoms with Crippen LogP contribution in [0.5, 0.6) is 0 Å². The third-order valence-corrected chi connectivity index (χ3v) is 4.12. The summed E-state index contributed by atoms with van der Waals surface area (Å²) in [6.07, 6.45) is 5.83. The number of aromatic amines is 1. The molecule has 2 atom stereocenters. The van der Waals surface area contributed by atoms with Crippen LogP contribution in [0.25, 0.3) is 5.52 Å². The highest BCUT2D eigenvalue weighted by atomic mass is 16.1. The van der Waals surface area contributed by atoms with Crippen molar-refractivity contribution in [1.29, 1.82) is 0 Å². The minimum atomic E-state index is -0.135. The van der Waals surface area contributed by atoms with Crippen LogP contribution < -0.4 is 0 Å². The van der Waals surface area contributed by atoms with Crippen molar-refractivity contribution in [1.82, 2.24) is 35.5 Å². The van der Waals surface area contributed by atoms with Crippen LogP contribution in [-0.2, 0) is 11.2 Å². The molecule has 0 amide bonds. The number of Topliss-reactive ketones (excluding diaryl/α,β-unsaturated/α-hetero) is 1. The molecule has 8 nitrogen and oxygen atoms in total. The van der Waals surface area contributed by atoms with Crippen LogP contribution in [-0.4, -0.2) is 41.2 Å². The number of nitrogens with zero attached hydrogens (tertiary/aromatic N) is 6. The van der Waals surface area contributed by atoms with Crippen LogP contribution in [0, 0.1) is 5.92 Å². The summed E-state index contributed by atoms with van der Waals surface area (Å²) in [5, 5.41) is 22.8. The predicted molar refractivity (Wildman–Crippen MR) is 82.7 cm³/mol. The molecule has 23 heavy (non-hydrogen) atoms. The fourth-order valence-corrected chi connectivity index (χ4v) is 3.02. The average Bonchev–Trinajstić information content (AvgIpc) is 3.20. The smallest absolute Gasteiger partial charge is 0.178 e. The van der Waals surface area contributed by atoms with E-state index in [2.05, 4.69) is 37.7 Å². The van der Waals surface area contributed by atoms with Crippen molar-refractivity contribution in [3.05, 3.63) is 35.9 Å². The molecule has 1 N–H and O–H groups in total. The number of ketones is 1. The van der Waals surface area contributed by atoms with Crippen molar-refractivity contribution >= 4 is 11.3 Å². The topological polar surface area (TPSA) is 102 Å². The third-order valence-electron chi connectivity index (χ3n) is 4.12. The summed E-state index contributed by atoms with van der Waals surface area (Å²) in [7, 11) is 0. The molecule has 8 heteroatoms. The maximum Gasteiger partial charge on any atom is 0.178 e. The Morgan fingerprint density at radius 1 is 1.39 bits per heavy atom. The van der Waals surface area contributed by atoms with Gasteiger partial charge in [-0.1, -0.05) is 18.6 Å². The van der Waals surface area contributed by atoms with Crippen LogP contribution in [0.4, 0.5) is 0 Å².